The van der Waals surface area contributed by atoms with Gasteiger partial charge >= 0.3 is 0 Å². The molecule has 2 aromatic heterocycles. The summed E-state index contributed by atoms with van der Waals surface area (Å²) in [7, 11) is 0. The summed E-state index contributed by atoms with van der Waals surface area (Å²) >= 11 is 5.22. The molecule has 4 nitrogen and oxygen atoms in total. The van der Waals surface area contributed by atoms with Gasteiger partial charge in [0.15, 0.2) is 0 Å². The van der Waals surface area contributed by atoms with Crippen molar-refractivity contribution in [3.8, 4) is 11.3 Å². The Morgan fingerprint density at radius 1 is 1.17 bits per heavy atom. The van der Waals surface area contributed by atoms with E-state index in [9.17, 15) is 0 Å². The number of benzene rings is 1. The van der Waals surface area contributed by atoms with Gasteiger partial charge in [0.1, 0.15) is 5.03 Å². The molecule has 0 spiro atoms. The Labute approximate surface area is 146 Å². The van der Waals surface area contributed by atoms with Crippen LogP contribution in [-0.2, 0) is 12.3 Å². The summed E-state index contributed by atoms with van der Waals surface area (Å²) in [6, 6.07) is 12.2. The van der Waals surface area contributed by atoms with Crippen molar-refractivity contribution < 1.29 is 0 Å². The van der Waals surface area contributed by atoms with Crippen LogP contribution in [-0.4, -0.2) is 15.0 Å². The molecule has 3 heterocycles. The van der Waals surface area contributed by atoms with Crippen molar-refractivity contribution in [2.75, 3.05) is 5.32 Å². The first-order valence-electron chi connectivity index (χ1n) is 7.22. The monoisotopic (exact) mass is 384 g/mol. The van der Waals surface area contributed by atoms with Crippen LogP contribution < -0.4 is 5.32 Å². The lowest BCUT2D eigenvalue weighted by Gasteiger charge is -2.17. The topological polar surface area (TPSA) is 50.7 Å². The minimum absolute atomic E-state index is 0.644. The van der Waals surface area contributed by atoms with E-state index >= 15 is 0 Å². The molecule has 3 aromatic rings. The lowest BCUT2D eigenvalue weighted by atomic mass is 10.1. The molecule has 0 fully saturated rings. The minimum atomic E-state index is 0.644. The highest BCUT2D eigenvalue weighted by molar-refractivity contribution is 9.10. The molecule has 1 aliphatic heterocycles. The molecule has 0 radical (unpaired) electrons. The van der Waals surface area contributed by atoms with Gasteiger partial charge in [-0.3, -0.25) is 0 Å². The maximum absolute atomic E-state index is 4.70. The average molecular weight is 385 g/mol. The van der Waals surface area contributed by atoms with Crippen LogP contribution in [0.3, 0.4) is 0 Å². The summed E-state index contributed by atoms with van der Waals surface area (Å²) in [5.41, 5.74) is 4.41. The quantitative estimate of drug-likeness (QED) is 0.719. The summed E-state index contributed by atoms with van der Waals surface area (Å²) < 4.78 is 1.07. The van der Waals surface area contributed by atoms with E-state index in [0.717, 1.165) is 32.1 Å². The molecule has 23 heavy (non-hydrogen) atoms. The van der Waals surface area contributed by atoms with E-state index in [1.54, 1.807) is 11.8 Å². The largest absolute Gasteiger partial charge is 0.350 e. The second-order valence-electron chi connectivity index (χ2n) is 5.20. The highest BCUT2D eigenvalue weighted by atomic mass is 79.9. The van der Waals surface area contributed by atoms with Gasteiger partial charge in [0.05, 0.1) is 5.69 Å². The second kappa shape index (κ2) is 6.29. The predicted molar refractivity (Wildman–Crippen MR) is 96.3 cm³/mol. The van der Waals surface area contributed by atoms with E-state index in [2.05, 4.69) is 49.4 Å². The van der Waals surface area contributed by atoms with Gasteiger partial charge in [-0.15, -0.1) is 11.8 Å². The molecule has 0 saturated carbocycles. The summed E-state index contributed by atoms with van der Waals surface area (Å²) in [5, 5.41) is 4.34. The van der Waals surface area contributed by atoms with E-state index in [4.69, 9.17) is 4.98 Å². The van der Waals surface area contributed by atoms with E-state index in [0.29, 0.717) is 12.5 Å². The zero-order valence-electron chi connectivity index (χ0n) is 12.2. The standard InChI is InChI=1S/C17H13BrN4S/c18-13-4-1-3-11(7-13)8-20-17-21-9-12-10-23-16-14(15(12)22-17)5-2-6-19-16/h1-7,9H,8,10H2,(H,20,21,22). The fourth-order valence-corrected chi connectivity index (χ4v) is 3.90. The number of halogens is 1. The molecule has 1 aliphatic rings. The van der Waals surface area contributed by atoms with E-state index in [-0.39, 0.29) is 0 Å². The number of anilines is 1. The fourth-order valence-electron chi connectivity index (χ4n) is 2.49. The van der Waals surface area contributed by atoms with Crippen molar-refractivity contribution in [3.05, 3.63) is 64.4 Å². The predicted octanol–water partition coefficient (Wildman–Crippen LogP) is 4.52. The summed E-state index contributed by atoms with van der Waals surface area (Å²) in [6.45, 7) is 0.687. The normalized spacial score (nSPS) is 12.4. The van der Waals surface area contributed by atoms with Crippen molar-refractivity contribution in [2.45, 2.75) is 17.3 Å². The zero-order valence-corrected chi connectivity index (χ0v) is 14.6. The first kappa shape index (κ1) is 14.7. The van der Waals surface area contributed by atoms with Crippen LogP contribution in [0, 0.1) is 0 Å². The first-order chi connectivity index (χ1) is 11.3. The number of nitrogens with zero attached hydrogens (tertiary/aromatic N) is 3. The molecule has 0 saturated heterocycles. The molecular formula is C17H13BrN4S. The Morgan fingerprint density at radius 2 is 2.13 bits per heavy atom. The molecule has 0 atom stereocenters. The fraction of sp³-hybridized carbons (Fsp3) is 0.118. The van der Waals surface area contributed by atoms with Gasteiger partial charge in [-0.05, 0) is 29.8 Å². The van der Waals surface area contributed by atoms with Gasteiger partial charge in [-0.25, -0.2) is 15.0 Å². The molecule has 1 aromatic carbocycles. The van der Waals surface area contributed by atoms with E-state index in [1.165, 1.54) is 5.56 Å². The highest BCUT2D eigenvalue weighted by Crippen LogP contribution is 2.38. The van der Waals surface area contributed by atoms with Crippen molar-refractivity contribution in [1.29, 1.82) is 0 Å². The molecule has 0 aliphatic carbocycles. The summed E-state index contributed by atoms with van der Waals surface area (Å²) in [5.74, 6) is 1.51. The van der Waals surface area contributed by atoms with Gasteiger partial charge < -0.3 is 5.32 Å². The minimum Gasteiger partial charge on any atom is -0.350 e. The van der Waals surface area contributed by atoms with Gasteiger partial charge in [-0.2, -0.15) is 0 Å². The number of aromatic nitrogens is 3. The van der Waals surface area contributed by atoms with E-state index < -0.39 is 0 Å². The molecule has 0 unspecified atom stereocenters. The molecule has 0 bridgehead atoms. The SMILES string of the molecule is Brc1cccc(CNc2ncc3c(n2)-c2cccnc2SC3)c1. The third-order valence-electron chi connectivity index (χ3n) is 3.59. The number of rotatable bonds is 3. The van der Waals surface area contributed by atoms with Crippen molar-refractivity contribution in [2.24, 2.45) is 0 Å². The van der Waals surface area contributed by atoms with Crippen LogP contribution in [0.2, 0.25) is 0 Å². The maximum Gasteiger partial charge on any atom is 0.223 e. The number of nitrogens with one attached hydrogen (secondary N) is 1. The van der Waals surface area contributed by atoms with Crippen LogP contribution in [0.15, 0.2) is 58.3 Å². The van der Waals surface area contributed by atoms with Crippen molar-refractivity contribution in [1.82, 2.24) is 15.0 Å². The zero-order chi connectivity index (χ0) is 15.6. The lowest BCUT2D eigenvalue weighted by Crippen LogP contribution is -2.07. The van der Waals surface area contributed by atoms with Crippen LogP contribution >= 0.6 is 27.7 Å². The third kappa shape index (κ3) is 3.09. The average Bonchev–Trinajstić information content (AvgIpc) is 2.60. The Bertz CT molecular complexity index is 869. The second-order valence-corrected chi connectivity index (χ2v) is 7.08. The Kier molecular flexibility index (Phi) is 4.01. The molecule has 0 amide bonds. The van der Waals surface area contributed by atoms with Gasteiger partial charge in [0.25, 0.3) is 0 Å². The van der Waals surface area contributed by atoms with Crippen LogP contribution in [0.4, 0.5) is 5.95 Å². The first-order valence-corrected chi connectivity index (χ1v) is 9.00. The van der Waals surface area contributed by atoms with Gasteiger partial charge in [0, 0.05) is 40.3 Å². The number of fused-ring (bicyclic) bond motifs is 3. The molecule has 4 rings (SSSR count). The van der Waals surface area contributed by atoms with Crippen LogP contribution in [0.5, 0.6) is 0 Å². The van der Waals surface area contributed by atoms with Gasteiger partial charge in [0.2, 0.25) is 5.95 Å². The molecular weight excluding hydrogens is 372 g/mol. The molecule has 114 valence electrons. The molecule has 1 N–H and O–H groups in total. The van der Waals surface area contributed by atoms with Crippen LogP contribution in [0.25, 0.3) is 11.3 Å². The third-order valence-corrected chi connectivity index (χ3v) is 5.14. The van der Waals surface area contributed by atoms with Gasteiger partial charge in [-0.1, -0.05) is 28.1 Å². The Hall–Kier alpha value is -1.92. The summed E-state index contributed by atoms with van der Waals surface area (Å²) in [4.78, 5) is 13.6. The van der Waals surface area contributed by atoms with Crippen molar-refractivity contribution >= 4 is 33.6 Å². The smallest absolute Gasteiger partial charge is 0.223 e. The lowest BCUT2D eigenvalue weighted by molar-refractivity contribution is 1.02. The number of hydrogen-bond acceptors (Lipinski definition) is 5. The maximum atomic E-state index is 4.70. The Balaban J connectivity index is 1.60. The van der Waals surface area contributed by atoms with Crippen molar-refractivity contribution in [3.63, 3.8) is 0 Å². The molecule has 6 heteroatoms. The van der Waals surface area contributed by atoms with E-state index in [1.807, 2.05) is 30.6 Å². The Morgan fingerprint density at radius 3 is 3.04 bits per heavy atom. The summed E-state index contributed by atoms with van der Waals surface area (Å²) in [6.07, 6.45) is 3.74. The highest BCUT2D eigenvalue weighted by Gasteiger charge is 2.19. The number of thioether (sulfide) groups is 1. The number of pyridine rings is 1. The van der Waals surface area contributed by atoms with Crippen LogP contribution in [0.1, 0.15) is 11.1 Å². The number of hydrogen-bond donors (Lipinski definition) is 1.